The van der Waals surface area contributed by atoms with E-state index in [0.29, 0.717) is 32.7 Å². The topological polar surface area (TPSA) is 141 Å². The number of carbonyl (C=O) groups is 2. The molecule has 0 radical (unpaired) electrons. The van der Waals surface area contributed by atoms with Crippen LogP contribution in [0.2, 0.25) is 0 Å². The van der Waals surface area contributed by atoms with E-state index in [1.807, 2.05) is 0 Å². The van der Waals surface area contributed by atoms with Crippen molar-refractivity contribution in [2.75, 3.05) is 36.4 Å². The molecule has 1 unspecified atom stereocenters. The van der Waals surface area contributed by atoms with Crippen LogP contribution in [0, 0.1) is 6.92 Å². The molecule has 2 N–H and O–H groups in total. The van der Waals surface area contributed by atoms with E-state index in [2.05, 4.69) is 20.5 Å². The second-order valence-electron chi connectivity index (χ2n) is 9.23. The SMILES string of the molecule is COCCn1ncc(S(=O)(=O)N2CC(CNC(C)=O)Oc3ccc(NC(=O)OC(C)(C)C(F)(F)F)cc32)c1C. The largest absolute Gasteiger partial charge is 0.484 e. The van der Waals surface area contributed by atoms with Crippen LogP contribution in [0.25, 0.3) is 0 Å². The molecule has 216 valence electrons. The number of hydrogen-bond acceptors (Lipinski definition) is 8. The third kappa shape index (κ3) is 6.73. The molecule has 1 aliphatic rings. The molecule has 0 saturated heterocycles. The van der Waals surface area contributed by atoms with Gasteiger partial charge >= 0.3 is 12.3 Å². The minimum Gasteiger partial charge on any atom is -0.484 e. The second kappa shape index (κ2) is 11.3. The third-order valence-electron chi connectivity index (χ3n) is 5.88. The minimum atomic E-state index is -4.81. The zero-order valence-electron chi connectivity index (χ0n) is 22.0. The molecule has 2 aromatic rings. The molecule has 39 heavy (non-hydrogen) atoms. The number of hydrogen-bond donors (Lipinski definition) is 2. The van der Waals surface area contributed by atoms with Gasteiger partial charge in [-0.25, -0.2) is 13.2 Å². The van der Waals surface area contributed by atoms with E-state index in [4.69, 9.17) is 9.47 Å². The van der Waals surface area contributed by atoms with Gasteiger partial charge in [-0.3, -0.25) is 19.1 Å². The Morgan fingerprint density at radius 3 is 2.56 bits per heavy atom. The minimum absolute atomic E-state index is 0.00568. The number of benzene rings is 1. The van der Waals surface area contributed by atoms with Crippen molar-refractivity contribution in [2.45, 2.75) is 57.0 Å². The van der Waals surface area contributed by atoms with E-state index in [1.54, 1.807) is 6.92 Å². The Labute approximate surface area is 223 Å². The highest BCUT2D eigenvalue weighted by atomic mass is 32.2. The third-order valence-corrected chi connectivity index (χ3v) is 7.76. The zero-order chi connectivity index (χ0) is 29.2. The lowest BCUT2D eigenvalue weighted by Crippen LogP contribution is -2.48. The lowest BCUT2D eigenvalue weighted by molar-refractivity contribution is -0.242. The highest BCUT2D eigenvalue weighted by Gasteiger charge is 2.51. The molecule has 16 heteroatoms. The van der Waals surface area contributed by atoms with Crippen molar-refractivity contribution < 1.29 is 45.4 Å². The van der Waals surface area contributed by atoms with Crippen LogP contribution >= 0.6 is 0 Å². The highest BCUT2D eigenvalue weighted by molar-refractivity contribution is 7.92. The first-order valence-corrected chi connectivity index (χ1v) is 13.2. The Bertz CT molecular complexity index is 1330. The summed E-state index contributed by atoms with van der Waals surface area (Å²) < 4.78 is 85.0. The van der Waals surface area contributed by atoms with Crippen LogP contribution in [-0.4, -0.2) is 74.9 Å². The summed E-state index contributed by atoms with van der Waals surface area (Å²) in [4.78, 5) is 23.6. The number of aromatic nitrogens is 2. The number of amides is 2. The zero-order valence-corrected chi connectivity index (χ0v) is 22.8. The molecule has 0 fully saturated rings. The van der Waals surface area contributed by atoms with Crippen molar-refractivity contribution in [3.05, 3.63) is 30.1 Å². The van der Waals surface area contributed by atoms with Crippen LogP contribution in [0.15, 0.2) is 29.3 Å². The Kier molecular flexibility index (Phi) is 8.69. The van der Waals surface area contributed by atoms with E-state index < -0.39 is 34.0 Å². The monoisotopic (exact) mass is 577 g/mol. The maximum atomic E-state index is 13.8. The van der Waals surface area contributed by atoms with Crippen molar-refractivity contribution in [3.8, 4) is 5.75 Å². The van der Waals surface area contributed by atoms with Gasteiger partial charge in [0.15, 0.2) is 0 Å². The molecule has 0 saturated carbocycles. The van der Waals surface area contributed by atoms with Crippen molar-refractivity contribution in [3.63, 3.8) is 0 Å². The molecule has 1 atom stereocenters. The molecular formula is C23H30F3N5O7S. The molecule has 2 heterocycles. The normalized spacial score (nSPS) is 15.8. The van der Waals surface area contributed by atoms with Crippen molar-refractivity contribution in [1.82, 2.24) is 15.1 Å². The van der Waals surface area contributed by atoms with Gasteiger partial charge in [-0.15, -0.1) is 0 Å². The number of nitrogens with zero attached hydrogens (tertiary/aromatic N) is 3. The fourth-order valence-corrected chi connectivity index (χ4v) is 5.28. The number of rotatable bonds is 9. The first-order chi connectivity index (χ1) is 18.1. The van der Waals surface area contributed by atoms with E-state index in [1.165, 1.54) is 43.1 Å². The van der Waals surface area contributed by atoms with E-state index >= 15 is 0 Å². The molecule has 0 aliphatic carbocycles. The average molecular weight is 578 g/mol. The summed E-state index contributed by atoms with van der Waals surface area (Å²) in [5, 5.41) is 8.92. The molecule has 0 spiro atoms. The van der Waals surface area contributed by atoms with Gasteiger partial charge < -0.3 is 19.5 Å². The average Bonchev–Trinajstić information content (AvgIpc) is 3.20. The van der Waals surface area contributed by atoms with Gasteiger partial charge in [0, 0.05) is 19.7 Å². The van der Waals surface area contributed by atoms with E-state index in [0.717, 1.165) is 4.31 Å². The van der Waals surface area contributed by atoms with Gasteiger partial charge in [0.25, 0.3) is 10.0 Å². The number of ether oxygens (including phenoxy) is 3. The molecular weight excluding hydrogens is 547 g/mol. The predicted octanol–water partition coefficient (Wildman–Crippen LogP) is 2.82. The first kappa shape index (κ1) is 30.0. The van der Waals surface area contributed by atoms with Gasteiger partial charge in [0.2, 0.25) is 11.5 Å². The van der Waals surface area contributed by atoms with Gasteiger partial charge in [-0.05, 0) is 39.0 Å². The van der Waals surface area contributed by atoms with Crippen LogP contribution < -0.4 is 19.7 Å². The Morgan fingerprint density at radius 2 is 1.95 bits per heavy atom. The molecule has 1 aromatic carbocycles. The fraction of sp³-hybridized carbons (Fsp3) is 0.522. The summed E-state index contributed by atoms with van der Waals surface area (Å²) in [6.07, 6.45) is -5.76. The summed E-state index contributed by atoms with van der Waals surface area (Å²) in [5.74, 6) is -0.229. The van der Waals surface area contributed by atoms with E-state index in [-0.39, 0.29) is 41.0 Å². The molecule has 2 amide bonds. The number of alkyl halides is 3. The van der Waals surface area contributed by atoms with Crippen LogP contribution in [0.1, 0.15) is 26.5 Å². The first-order valence-electron chi connectivity index (χ1n) is 11.7. The standard InChI is InChI=1S/C23H30F3N5O7S/c1-14-20(12-28-30(14)8-9-36-5)39(34,35)31-13-17(11-27-15(2)32)37-19-7-6-16(10-18(19)31)29-21(33)38-22(3,4)23(24,25)26/h6-7,10,12,17H,8-9,11,13H2,1-5H3,(H,27,32)(H,29,33). The lowest BCUT2D eigenvalue weighted by atomic mass is 10.1. The molecule has 3 rings (SSSR count). The quantitative estimate of drug-likeness (QED) is 0.464. The van der Waals surface area contributed by atoms with Gasteiger partial charge in [-0.1, -0.05) is 0 Å². The number of methoxy groups -OCH3 is 1. The lowest BCUT2D eigenvalue weighted by Gasteiger charge is -2.35. The van der Waals surface area contributed by atoms with Crippen LogP contribution in [-0.2, 0) is 30.8 Å². The Morgan fingerprint density at radius 1 is 1.26 bits per heavy atom. The van der Waals surface area contributed by atoms with Crippen LogP contribution in [0.3, 0.4) is 0 Å². The number of halogens is 3. The molecule has 0 bridgehead atoms. The summed E-state index contributed by atoms with van der Waals surface area (Å²) in [6.45, 7) is 4.70. The summed E-state index contributed by atoms with van der Waals surface area (Å²) in [5.41, 5.74) is -2.42. The number of nitrogens with one attached hydrogen (secondary N) is 2. The van der Waals surface area contributed by atoms with Gasteiger partial charge in [-0.2, -0.15) is 18.3 Å². The molecule has 12 nitrogen and oxygen atoms in total. The van der Waals surface area contributed by atoms with Crippen LogP contribution in [0.4, 0.5) is 29.3 Å². The predicted molar refractivity (Wildman–Crippen MR) is 133 cm³/mol. The molecule has 1 aromatic heterocycles. The fourth-order valence-electron chi connectivity index (χ4n) is 3.62. The van der Waals surface area contributed by atoms with Gasteiger partial charge in [0.1, 0.15) is 16.7 Å². The molecule has 1 aliphatic heterocycles. The second-order valence-corrected chi connectivity index (χ2v) is 11.1. The Balaban J connectivity index is 1.97. The number of anilines is 2. The summed E-state index contributed by atoms with van der Waals surface area (Å²) in [7, 11) is -2.75. The maximum absolute atomic E-state index is 13.8. The summed E-state index contributed by atoms with van der Waals surface area (Å²) >= 11 is 0. The van der Waals surface area contributed by atoms with Crippen molar-refractivity contribution in [2.24, 2.45) is 0 Å². The summed E-state index contributed by atoms with van der Waals surface area (Å²) in [6, 6.07) is 3.92. The van der Waals surface area contributed by atoms with Crippen LogP contribution in [0.5, 0.6) is 5.75 Å². The number of carbonyl (C=O) groups excluding carboxylic acids is 2. The maximum Gasteiger partial charge on any atom is 0.427 e. The number of sulfonamides is 1. The number of fused-ring (bicyclic) bond motifs is 1. The van der Waals surface area contributed by atoms with Crippen molar-refractivity contribution >= 4 is 33.4 Å². The Hall–Kier alpha value is -3.53. The van der Waals surface area contributed by atoms with Gasteiger partial charge in [0.05, 0.1) is 43.8 Å². The smallest absolute Gasteiger partial charge is 0.427 e. The highest BCUT2D eigenvalue weighted by Crippen LogP contribution is 2.40. The van der Waals surface area contributed by atoms with Crippen molar-refractivity contribution in [1.29, 1.82) is 0 Å². The van der Waals surface area contributed by atoms with E-state index in [9.17, 15) is 31.2 Å².